The monoisotopic (exact) mass is 205 g/mol. The topological polar surface area (TPSA) is 67.8 Å². The van der Waals surface area contributed by atoms with Gasteiger partial charge in [0, 0.05) is 6.61 Å². The predicted octanol–water partition coefficient (Wildman–Crippen LogP) is 0.102. The molecule has 2 N–H and O–H groups in total. The average molecular weight is 205 g/mol. The SMILES string of the molecule is CCOCCOCC(C)(NC)C(=O)O. The smallest absolute Gasteiger partial charge is 0.326 e. The summed E-state index contributed by atoms with van der Waals surface area (Å²) in [4.78, 5) is 10.8. The van der Waals surface area contributed by atoms with E-state index in [1.165, 1.54) is 0 Å². The van der Waals surface area contributed by atoms with Crippen LogP contribution in [0.3, 0.4) is 0 Å². The average Bonchev–Trinajstić information content (AvgIpc) is 2.17. The quantitative estimate of drug-likeness (QED) is 0.550. The summed E-state index contributed by atoms with van der Waals surface area (Å²) in [5, 5.41) is 11.6. The molecule has 0 bridgehead atoms. The molecule has 0 aliphatic rings. The molecule has 1 atom stereocenters. The van der Waals surface area contributed by atoms with Crippen LogP contribution in [0.4, 0.5) is 0 Å². The predicted molar refractivity (Wildman–Crippen MR) is 52.4 cm³/mol. The second-order valence-corrected chi connectivity index (χ2v) is 3.14. The highest BCUT2D eigenvalue weighted by atomic mass is 16.5. The van der Waals surface area contributed by atoms with Crippen molar-refractivity contribution in [3.05, 3.63) is 0 Å². The lowest BCUT2D eigenvalue weighted by molar-refractivity contribution is -0.146. The van der Waals surface area contributed by atoms with Crippen LogP contribution in [0.25, 0.3) is 0 Å². The number of carbonyl (C=O) groups is 1. The van der Waals surface area contributed by atoms with Crippen LogP contribution in [0, 0.1) is 0 Å². The van der Waals surface area contributed by atoms with Crippen LogP contribution < -0.4 is 5.32 Å². The molecule has 0 amide bonds. The summed E-state index contributed by atoms with van der Waals surface area (Å²) in [5.41, 5.74) is -1.02. The van der Waals surface area contributed by atoms with Gasteiger partial charge in [-0.3, -0.25) is 4.79 Å². The summed E-state index contributed by atoms with van der Waals surface area (Å²) in [7, 11) is 1.60. The Morgan fingerprint density at radius 2 is 2.00 bits per heavy atom. The van der Waals surface area contributed by atoms with E-state index in [1.54, 1.807) is 14.0 Å². The zero-order valence-corrected chi connectivity index (χ0v) is 9.00. The van der Waals surface area contributed by atoms with E-state index in [4.69, 9.17) is 14.6 Å². The maximum Gasteiger partial charge on any atom is 0.326 e. The van der Waals surface area contributed by atoms with Crippen LogP contribution in [0.1, 0.15) is 13.8 Å². The number of carboxylic acids is 1. The Bertz CT molecular complexity index is 174. The maximum atomic E-state index is 10.8. The molecule has 0 saturated heterocycles. The van der Waals surface area contributed by atoms with Gasteiger partial charge < -0.3 is 19.9 Å². The molecule has 0 aromatic carbocycles. The van der Waals surface area contributed by atoms with Crippen LogP contribution >= 0.6 is 0 Å². The second-order valence-electron chi connectivity index (χ2n) is 3.14. The summed E-state index contributed by atoms with van der Waals surface area (Å²) in [5.74, 6) is -0.920. The zero-order chi connectivity index (χ0) is 11.0. The molecule has 0 fully saturated rings. The highest BCUT2D eigenvalue weighted by Crippen LogP contribution is 2.03. The summed E-state index contributed by atoms with van der Waals surface area (Å²) in [6.07, 6.45) is 0. The molecular formula is C9H19NO4. The number of aliphatic carboxylic acids is 1. The van der Waals surface area contributed by atoms with E-state index in [0.29, 0.717) is 19.8 Å². The van der Waals surface area contributed by atoms with E-state index in [1.807, 2.05) is 6.92 Å². The zero-order valence-electron chi connectivity index (χ0n) is 9.00. The number of ether oxygens (including phenoxy) is 2. The fourth-order valence-corrected chi connectivity index (χ4v) is 0.779. The van der Waals surface area contributed by atoms with Gasteiger partial charge in [0.1, 0.15) is 5.54 Å². The van der Waals surface area contributed by atoms with Crippen molar-refractivity contribution in [3.63, 3.8) is 0 Å². The minimum atomic E-state index is -1.02. The van der Waals surface area contributed by atoms with Gasteiger partial charge in [0.2, 0.25) is 0 Å². The van der Waals surface area contributed by atoms with E-state index >= 15 is 0 Å². The molecule has 5 nitrogen and oxygen atoms in total. The number of carboxylic acid groups (broad SMARTS) is 1. The van der Waals surface area contributed by atoms with Crippen LogP contribution in [-0.2, 0) is 14.3 Å². The summed E-state index contributed by atoms with van der Waals surface area (Å²) in [6.45, 7) is 5.16. The van der Waals surface area contributed by atoms with E-state index < -0.39 is 11.5 Å². The van der Waals surface area contributed by atoms with Gasteiger partial charge in [-0.25, -0.2) is 0 Å². The Morgan fingerprint density at radius 3 is 2.43 bits per heavy atom. The largest absolute Gasteiger partial charge is 0.480 e. The molecule has 84 valence electrons. The van der Waals surface area contributed by atoms with Crippen LogP contribution in [0.2, 0.25) is 0 Å². The highest BCUT2D eigenvalue weighted by Gasteiger charge is 2.31. The number of likely N-dealkylation sites (N-methyl/N-ethyl adjacent to an activating group) is 1. The number of hydrogen-bond donors (Lipinski definition) is 2. The van der Waals surface area contributed by atoms with Crippen LogP contribution in [0.5, 0.6) is 0 Å². The lowest BCUT2D eigenvalue weighted by Gasteiger charge is -2.23. The van der Waals surface area contributed by atoms with Crippen molar-refractivity contribution in [1.82, 2.24) is 5.32 Å². The molecule has 0 aromatic heterocycles. The van der Waals surface area contributed by atoms with Crippen molar-refractivity contribution in [2.45, 2.75) is 19.4 Å². The fourth-order valence-electron chi connectivity index (χ4n) is 0.779. The number of hydrogen-bond acceptors (Lipinski definition) is 4. The van der Waals surface area contributed by atoms with Crippen molar-refractivity contribution in [2.75, 3.05) is 33.5 Å². The summed E-state index contributed by atoms with van der Waals surface area (Å²) < 4.78 is 10.2. The van der Waals surface area contributed by atoms with Gasteiger partial charge in [-0.15, -0.1) is 0 Å². The van der Waals surface area contributed by atoms with Gasteiger partial charge >= 0.3 is 5.97 Å². The van der Waals surface area contributed by atoms with E-state index in [9.17, 15) is 4.79 Å². The Labute approximate surface area is 84.4 Å². The third-order valence-electron chi connectivity index (χ3n) is 1.99. The Kier molecular flexibility index (Phi) is 6.44. The normalized spacial score (nSPS) is 15.1. The van der Waals surface area contributed by atoms with Gasteiger partial charge in [-0.2, -0.15) is 0 Å². The standard InChI is InChI=1S/C9H19NO4/c1-4-13-5-6-14-7-9(2,10-3)8(11)12/h10H,4-7H2,1-3H3,(H,11,12). The molecule has 0 aromatic rings. The molecule has 1 unspecified atom stereocenters. The Balaban J connectivity index is 3.68. The number of rotatable bonds is 8. The number of nitrogens with one attached hydrogen (secondary N) is 1. The van der Waals surface area contributed by atoms with Crippen molar-refractivity contribution < 1.29 is 19.4 Å². The highest BCUT2D eigenvalue weighted by molar-refractivity contribution is 5.78. The Hall–Kier alpha value is -0.650. The second kappa shape index (κ2) is 6.75. The third-order valence-corrected chi connectivity index (χ3v) is 1.99. The van der Waals surface area contributed by atoms with Crippen LogP contribution in [-0.4, -0.2) is 50.1 Å². The molecule has 0 aliphatic carbocycles. The molecule has 5 heteroatoms. The van der Waals surface area contributed by atoms with E-state index in [0.717, 1.165) is 0 Å². The molecule has 0 rings (SSSR count). The van der Waals surface area contributed by atoms with E-state index in [-0.39, 0.29) is 6.61 Å². The van der Waals surface area contributed by atoms with Crippen LogP contribution in [0.15, 0.2) is 0 Å². The molecule has 0 radical (unpaired) electrons. The first-order chi connectivity index (χ1) is 6.56. The van der Waals surface area contributed by atoms with Crippen molar-refractivity contribution in [3.8, 4) is 0 Å². The van der Waals surface area contributed by atoms with Gasteiger partial charge in [0.25, 0.3) is 0 Å². The molecule has 0 heterocycles. The minimum absolute atomic E-state index is 0.131. The van der Waals surface area contributed by atoms with Crippen molar-refractivity contribution in [2.24, 2.45) is 0 Å². The molecular weight excluding hydrogens is 186 g/mol. The molecule has 14 heavy (non-hydrogen) atoms. The maximum absolute atomic E-state index is 10.8. The third kappa shape index (κ3) is 4.55. The molecule has 0 spiro atoms. The van der Waals surface area contributed by atoms with Crippen molar-refractivity contribution in [1.29, 1.82) is 0 Å². The molecule has 0 saturated carbocycles. The fraction of sp³-hybridized carbons (Fsp3) is 0.889. The van der Waals surface area contributed by atoms with E-state index in [2.05, 4.69) is 5.32 Å². The van der Waals surface area contributed by atoms with Gasteiger partial charge in [-0.05, 0) is 20.9 Å². The van der Waals surface area contributed by atoms with Gasteiger partial charge in [-0.1, -0.05) is 0 Å². The van der Waals surface area contributed by atoms with Crippen molar-refractivity contribution >= 4 is 5.97 Å². The first-order valence-corrected chi connectivity index (χ1v) is 4.64. The summed E-state index contributed by atoms with van der Waals surface area (Å²) in [6, 6.07) is 0. The summed E-state index contributed by atoms with van der Waals surface area (Å²) >= 11 is 0. The first-order valence-electron chi connectivity index (χ1n) is 4.64. The van der Waals surface area contributed by atoms with Gasteiger partial charge in [0.05, 0.1) is 19.8 Å². The first kappa shape index (κ1) is 13.4. The lowest BCUT2D eigenvalue weighted by Crippen LogP contribution is -2.51. The minimum Gasteiger partial charge on any atom is -0.480 e. The molecule has 0 aliphatic heterocycles. The Morgan fingerprint density at radius 1 is 1.43 bits per heavy atom. The van der Waals surface area contributed by atoms with Gasteiger partial charge in [0.15, 0.2) is 0 Å². The lowest BCUT2D eigenvalue weighted by atomic mass is 10.1.